The van der Waals surface area contributed by atoms with E-state index in [1.807, 2.05) is 49.4 Å². The molecule has 0 aromatic heterocycles. The molecule has 2 rings (SSSR count). The van der Waals surface area contributed by atoms with E-state index in [2.05, 4.69) is 0 Å². The van der Waals surface area contributed by atoms with Crippen LogP contribution < -0.4 is 9.47 Å². The average Bonchev–Trinajstić information content (AvgIpc) is 2.46. The maximum absolute atomic E-state index is 9.40. The van der Waals surface area contributed by atoms with E-state index in [4.69, 9.17) is 21.1 Å². The molecule has 0 atom stereocenters. The second-order valence-electron chi connectivity index (χ2n) is 4.25. The van der Waals surface area contributed by atoms with Gasteiger partial charge in [-0.1, -0.05) is 35.9 Å². The van der Waals surface area contributed by atoms with Crippen molar-refractivity contribution in [2.45, 2.75) is 20.1 Å². The molecule has 106 valence electrons. The van der Waals surface area contributed by atoms with E-state index in [1.54, 1.807) is 0 Å². The fourth-order valence-corrected chi connectivity index (χ4v) is 2.11. The Hall–Kier alpha value is -1.71. The van der Waals surface area contributed by atoms with Crippen LogP contribution in [0.1, 0.15) is 18.1 Å². The summed E-state index contributed by atoms with van der Waals surface area (Å²) in [7, 11) is 0. The summed E-state index contributed by atoms with van der Waals surface area (Å²) in [5, 5.41) is 10.1. The number of hydrogen-bond acceptors (Lipinski definition) is 3. The first-order valence-electron chi connectivity index (χ1n) is 6.47. The highest BCUT2D eigenvalue weighted by Crippen LogP contribution is 2.32. The molecule has 2 aromatic rings. The van der Waals surface area contributed by atoms with Crippen molar-refractivity contribution in [1.29, 1.82) is 0 Å². The number of rotatable bonds is 6. The van der Waals surface area contributed by atoms with Gasteiger partial charge in [-0.2, -0.15) is 0 Å². The van der Waals surface area contributed by atoms with Crippen molar-refractivity contribution in [1.82, 2.24) is 0 Å². The zero-order chi connectivity index (χ0) is 14.4. The first-order chi connectivity index (χ1) is 9.74. The van der Waals surface area contributed by atoms with Crippen LogP contribution in [0.15, 0.2) is 42.5 Å². The van der Waals surface area contributed by atoms with E-state index < -0.39 is 0 Å². The van der Waals surface area contributed by atoms with Crippen molar-refractivity contribution in [3.8, 4) is 11.5 Å². The lowest BCUT2D eigenvalue weighted by Crippen LogP contribution is -2.02. The molecule has 3 nitrogen and oxygen atoms in total. The van der Waals surface area contributed by atoms with E-state index in [0.29, 0.717) is 35.3 Å². The summed E-state index contributed by atoms with van der Waals surface area (Å²) in [5.41, 5.74) is 1.67. The Bertz CT molecular complexity index is 569. The van der Waals surface area contributed by atoms with E-state index in [0.717, 1.165) is 5.56 Å². The van der Waals surface area contributed by atoms with Gasteiger partial charge >= 0.3 is 0 Å². The highest BCUT2D eigenvalue weighted by atomic mass is 35.5. The van der Waals surface area contributed by atoms with Crippen LogP contribution in [0.5, 0.6) is 11.5 Å². The SMILES string of the molecule is CCOc1cccc(CO)c1OCc1cccc(Cl)c1. The Morgan fingerprint density at radius 3 is 2.60 bits per heavy atom. The van der Waals surface area contributed by atoms with Gasteiger partial charge in [0.15, 0.2) is 11.5 Å². The van der Waals surface area contributed by atoms with Gasteiger partial charge in [-0.25, -0.2) is 0 Å². The van der Waals surface area contributed by atoms with Crippen molar-refractivity contribution >= 4 is 11.6 Å². The Balaban J connectivity index is 2.19. The molecule has 20 heavy (non-hydrogen) atoms. The highest BCUT2D eigenvalue weighted by Gasteiger charge is 2.10. The number of aliphatic hydroxyl groups is 1. The van der Waals surface area contributed by atoms with Gasteiger partial charge in [0.05, 0.1) is 13.2 Å². The average molecular weight is 293 g/mol. The second-order valence-corrected chi connectivity index (χ2v) is 4.69. The molecular weight excluding hydrogens is 276 g/mol. The van der Waals surface area contributed by atoms with Gasteiger partial charge in [-0.3, -0.25) is 0 Å². The van der Waals surface area contributed by atoms with Crippen molar-refractivity contribution in [3.05, 3.63) is 58.6 Å². The molecule has 0 saturated heterocycles. The van der Waals surface area contributed by atoms with Crippen LogP contribution >= 0.6 is 11.6 Å². The molecule has 0 unspecified atom stereocenters. The lowest BCUT2D eigenvalue weighted by molar-refractivity contribution is 0.243. The van der Waals surface area contributed by atoms with Crippen molar-refractivity contribution in [2.24, 2.45) is 0 Å². The third-order valence-corrected chi connectivity index (χ3v) is 3.04. The largest absolute Gasteiger partial charge is 0.490 e. The third kappa shape index (κ3) is 3.65. The molecule has 0 bridgehead atoms. The predicted octanol–water partition coefficient (Wildman–Crippen LogP) is 3.81. The standard InChI is InChI=1S/C16H17ClO3/c1-2-19-15-8-4-6-13(10-18)16(15)20-11-12-5-3-7-14(17)9-12/h3-9,18H,2,10-11H2,1H3. The molecule has 0 heterocycles. The summed E-state index contributed by atoms with van der Waals surface area (Å²) in [6, 6.07) is 13.0. The van der Waals surface area contributed by atoms with Crippen LogP contribution in [0, 0.1) is 0 Å². The van der Waals surface area contributed by atoms with E-state index in [1.165, 1.54) is 0 Å². The molecular formula is C16H17ClO3. The smallest absolute Gasteiger partial charge is 0.167 e. The fraction of sp³-hybridized carbons (Fsp3) is 0.250. The molecule has 0 saturated carbocycles. The quantitative estimate of drug-likeness (QED) is 0.880. The first kappa shape index (κ1) is 14.7. The Morgan fingerprint density at radius 2 is 1.90 bits per heavy atom. The number of halogens is 1. The molecule has 0 fully saturated rings. The van der Waals surface area contributed by atoms with Gasteiger partial charge in [-0.05, 0) is 30.7 Å². The van der Waals surface area contributed by atoms with Gasteiger partial charge in [0, 0.05) is 10.6 Å². The number of aliphatic hydroxyl groups excluding tert-OH is 1. The van der Waals surface area contributed by atoms with Gasteiger partial charge in [-0.15, -0.1) is 0 Å². The van der Waals surface area contributed by atoms with Gasteiger partial charge < -0.3 is 14.6 Å². The third-order valence-electron chi connectivity index (χ3n) is 2.80. The van der Waals surface area contributed by atoms with E-state index in [-0.39, 0.29) is 6.61 Å². The van der Waals surface area contributed by atoms with Gasteiger partial charge in [0.1, 0.15) is 6.61 Å². The van der Waals surface area contributed by atoms with E-state index in [9.17, 15) is 5.11 Å². The Morgan fingerprint density at radius 1 is 1.10 bits per heavy atom. The monoisotopic (exact) mass is 292 g/mol. The highest BCUT2D eigenvalue weighted by molar-refractivity contribution is 6.30. The summed E-state index contributed by atoms with van der Waals surface area (Å²) in [4.78, 5) is 0. The fourth-order valence-electron chi connectivity index (χ4n) is 1.90. The molecule has 0 spiro atoms. The lowest BCUT2D eigenvalue weighted by atomic mass is 10.2. The predicted molar refractivity (Wildman–Crippen MR) is 79.3 cm³/mol. The summed E-state index contributed by atoms with van der Waals surface area (Å²) >= 11 is 5.95. The van der Waals surface area contributed by atoms with Crippen LogP contribution in [-0.2, 0) is 13.2 Å². The molecule has 1 N–H and O–H groups in total. The van der Waals surface area contributed by atoms with Crippen LogP contribution in [0.2, 0.25) is 5.02 Å². The molecule has 4 heteroatoms. The normalized spacial score (nSPS) is 10.3. The van der Waals surface area contributed by atoms with Crippen molar-refractivity contribution in [2.75, 3.05) is 6.61 Å². The van der Waals surface area contributed by atoms with Gasteiger partial charge in [0.25, 0.3) is 0 Å². The Kier molecular flexibility index (Phi) is 5.27. The van der Waals surface area contributed by atoms with Crippen LogP contribution in [0.25, 0.3) is 0 Å². The van der Waals surface area contributed by atoms with Crippen LogP contribution in [0.4, 0.5) is 0 Å². The number of hydrogen-bond donors (Lipinski definition) is 1. The van der Waals surface area contributed by atoms with Crippen molar-refractivity contribution in [3.63, 3.8) is 0 Å². The minimum Gasteiger partial charge on any atom is -0.490 e. The van der Waals surface area contributed by atoms with E-state index >= 15 is 0 Å². The second kappa shape index (κ2) is 7.17. The van der Waals surface area contributed by atoms with Crippen LogP contribution in [0.3, 0.4) is 0 Å². The lowest BCUT2D eigenvalue weighted by Gasteiger charge is -2.15. The number of benzene rings is 2. The molecule has 0 aliphatic carbocycles. The van der Waals surface area contributed by atoms with Crippen LogP contribution in [-0.4, -0.2) is 11.7 Å². The molecule has 0 aliphatic rings. The summed E-state index contributed by atoms with van der Waals surface area (Å²) in [5.74, 6) is 1.22. The summed E-state index contributed by atoms with van der Waals surface area (Å²) in [6.07, 6.45) is 0. The molecule has 0 amide bonds. The first-order valence-corrected chi connectivity index (χ1v) is 6.85. The maximum atomic E-state index is 9.40. The zero-order valence-electron chi connectivity index (χ0n) is 11.3. The number of para-hydroxylation sites is 1. The zero-order valence-corrected chi connectivity index (χ0v) is 12.1. The summed E-state index contributed by atoms with van der Waals surface area (Å²) < 4.78 is 11.3. The maximum Gasteiger partial charge on any atom is 0.167 e. The topological polar surface area (TPSA) is 38.7 Å². The van der Waals surface area contributed by atoms with Crippen molar-refractivity contribution < 1.29 is 14.6 Å². The number of ether oxygens (including phenoxy) is 2. The Labute approximate surface area is 123 Å². The molecule has 2 aromatic carbocycles. The minimum atomic E-state index is -0.0915. The van der Waals surface area contributed by atoms with Gasteiger partial charge in [0.2, 0.25) is 0 Å². The minimum absolute atomic E-state index is 0.0915. The molecule has 0 aliphatic heterocycles. The summed E-state index contributed by atoms with van der Waals surface area (Å²) in [6.45, 7) is 2.73. The molecule has 0 radical (unpaired) electrons.